The highest BCUT2D eigenvalue weighted by Crippen LogP contribution is 2.18. The third kappa shape index (κ3) is 3.75. The summed E-state index contributed by atoms with van der Waals surface area (Å²) in [6.07, 6.45) is 1.41. The monoisotopic (exact) mass is 341 g/mol. The summed E-state index contributed by atoms with van der Waals surface area (Å²) >= 11 is 6.00. The maximum absolute atomic E-state index is 13.0. The van der Waals surface area contributed by atoms with Crippen LogP contribution in [0, 0.1) is 5.82 Å². The van der Waals surface area contributed by atoms with Crippen molar-refractivity contribution in [2.45, 2.75) is 6.54 Å². The summed E-state index contributed by atoms with van der Waals surface area (Å²) < 4.78 is 13.0. The lowest BCUT2D eigenvalue weighted by Gasteiger charge is -2.07. The number of rotatable bonds is 4. The molecule has 0 saturated heterocycles. The van der Waals surface area contributed by atoms with Crippen molar-refractivity contribution in [3.05, 3.63) is 83.0 Å². The van der Waals surface area contributed by atoms with E-state index in [1.165, 1.54) is 18.5 Å². The molecule has 0 unspecified atom stereocenters. The van der Waals surface area contributed by atoms with Crippen molar-refractivity contribution in [2.75, 3.05) is 0 Å². The van der Waals surface area contributed by atoms with Crippen LogP contribution in [0.3, 0.4) is 0 Å². The lowest BCUT2D eigenvalue weighted by atomic mass is 10.1. The molecule has 3 aromatic rings. The number of carbonyl (C=O) groups excluding carboxylic acids is 1. The van der Waals surface area contributed by atoms with Crippen LogP contribution in [-0.4, -0.2) is 15.9 Å². The van der Waals surface area contributed by atoms with E-state index in [0.29, 0.717) is 22.0 Å². The van der Waals surface area contributed by atoms with Gasteiger partial charge in [0.1, 0.15) is 12.1 Å². The van der Waals surface area contributed by atoms with Gasteiger partial charge in [0.15, 0.2) is 0 Å². The fourth-order valence-electron chi connectivity index (χ4n) is 2.18. The molecule has 1 amide bonds. The zero-order chi connectivity index (χ0) is 16.9. The van der Waals surface area contributed by atoms with Crippen LogP contribution < -0.4 is 5.32 Å². The number of carbonyl (C=O) groups is 1. The summed E-state index contributed by atoms with van der Waals surface area (Å²) in [6, 6.07) is 14.6. The van der Waals surface area contributed by atoms with Crippen LogP contribution in [0.5, 0.6) is 0 Å². The first kappa shape index (κ1) is 16.1. The Morgan fingerprint density at radius 1 is 1.08 bits per heavy atom. The zero-order valence-corrected chi connectivity index (χ0v) is 13.3. The molecule has 1 heterocycles. The fraction of sp³-hybridized carbons (Fsp3) is 0.0556. The smallest absolute Gasteiger partial charge is 0.253 e. The summed E-state index contributed by atoms with van der Waals surface area (Å²) in [7, 11) is 0. The average Bonchev–Trinajstić information content (AvgIpc) is 2.61. The highest BCUT2D eigenvalue weighted by atomic mass is 35.5. The summed E-state index contributed by atoms with van der Waals surface area (Å²) in [4.78, 5) is 20.5. The predicted octanol–water partition coefficient (Wildman–Crippen LogP) is 3.87. The largest absolute Gasteiger partial charge is 0.346 e. The quantitative estimate of drug-likeness (QED) is 0.783. The molecule has 0 radical (unpaired) electrons. The fourth-order valence-corrected chi connectivity index (χ4v) is 2.41. The molecule has 120 valence electrons. The van der Waals surface area contributed by atoms with E-state index >= 15 is 0 Å². The number of hydrogen-bond donors (Lipinski definition) is 1. The maximum atomic E-state index is 13.0. The number of halogens is 2. The first-order valence-corrected chi connectivity index (χ1v) is 7.61. The van der Waals surface area contributed by atoms with E-state index in [1.807, 2.05) is 0 Å². The van der Waals surface area contributed by atoms with Crippen LogP contribution in [-0.2, 0) is 6.54 Å². The van der Waals surface area contributed by atoms with Gasteiger partial charge in [0.2, 0.25) is 0 Å². The SMILES string of the molecule is O=C(NCc1cc(-c2ccc(F)cc2)ncn1)c1ccccc1Cl. The highest BCUT2D eigenvalue weighted by molar-refractivity contribution is 6.33. The minimum Gasteiger partial charge on any atom is -0.346 e. The van der Waals surface area contributed by atoms with Crippen LogP contribution in [0.1, 0.15) is 16.1 Å². The third-order valence-electron chi connectivity index (χ3n) is 3.41. The van der Waals surface area contributed by atoms with Crippen molar-refractivity contribution < 1.29 is 9.18 Å². The van der Waals surface area contributed by atoms with Gasteiger partial charge in [-0.25, -0.2) is 14.4 Å². The molecule has 24 heavy (non-hydrogen) atoms. The minimum absolute atomic E-state index is 0.237. The van der Waals surface area contributed by atoms with Crippen molar-refractivity contribution in [2.24, 2.45) is 0 Å². The molecule has 0 fully saturated rings. The molecule has 0 atom stereocenters. The molecule has 0 spiro atoms. The van der Waals surface area contributed by atoms with E-state index in [2.05, 4.69) is 15.3 Å². The van der Waals surface area contributed by atoms with Crippen LogP contribution in [0.4, 0.5) is 4.39 Å². The molecule has 6 heteroatoms. The minimum atomic E-state index is -0.306. The van der Waals surface area contributed by atoms with Crippen LogP contribution >= 0.6 is 11.6 Å². The zero-order valence-electron chi connectivity index (χ0n) is 12.5. The van der Waals surface area contributed by atoms with E-state index in [4.69, 9.17) is 11.6 Å². The Balaban J connectivity index is 1.72. The highest BCUT2D eigenvalue weighted by Gasteiger charge is 2.10. The molecule has 3 rings (SSSR count). The Hall–Kier alpha value is -2.79. The normalized spacial score (nSPS) is 10.4. The molecular weight excluding hydrogens is 329 g/mol. The average molecular weight is 342 g/mol. The van der Waals surface area contributed by atoms with E-state index in [0.717, 1.165) is 5.56 Å². The molecule has 0 saturated carbocycles. The van der Waals surface area contributed by atoms with Gasteiger partial charge in [-0.15, -0.1) is 0 Å². The second-order valence-electron chi connectivity index (χ2n) is 5.06. The Labute approximate surface area is 143 Å². The Morgan fingerprint density at radius 2 is 1.83 bits per heavy atom. The third-order valence-corrected chi connectivity index (χ3v) is 3.74. The predicted molar refractivity (Wildman–Crippen MR) is 90.0 cm³/mol. The Kier molecular flexibility index (Phi) is 4.82. The van der Waals surface area contributed by atoms with Gasteiger partial charge in [0.05, 0.1) is 28.5 Å². The summed E-state index contributed by atoms with van der Waals surface area (Å²) in [6.45, 7) is 0.237. The van der Waals surface area contributed by atoms with Crippen molar-refractivity contribution >= 4 is 17.5 Å². The lowest BCUT2D eigenvalue weighted by Crippen LogP contribution is -2.23. The number of benzene rings is 2. The van der Waals surface area contributed by atoms with Crippen molar-refractivity contribution in [1.29, 1.82) is 0 Å². The Morgan fingerprint density at radius 3 is 2.58 bits per heavy atom. The molecule has 0 aliphatic carbocycles. The molecule has 1 N–H and O–H groups in total. The molecule has 1 aromatic heterocycles. The van der Waals surface area contributed by atoms with E-state index < -0.39 is 0 Å². The number of amides is 1. The second-order valence-corrected chi connectivity index (χ2v) is 5.47. The van der Waals surface area contributed by atoms with Gasteiger partial charge in [-0.2, -0.15) is 0 Å². The van der Waals surface area contributed by atoms with E-state index in [-0.39, 0.29) is 18.3 Å². The van der Waals surface area contributed by atoms with Crippen LogP contribution in [0.15, 0.2) is 60.9 Å². The molecule has 0 aliphatic heterocycles. The Bertz CT molecular complexity index is 868. The van der Waals surface area contributed by atoms with Gasteiger partial charge in [-0.05, 0) is 42.5 Å². The van der Waals surface area contributed by atoms with Gasteiger partial charge in [-0.1, -0.05) is 23.7 Å². The van der Waals surface area contributed by atoms with Crippen LogP contribution in [0.25, 0.3) is 11.3 Å². The number of hydrogen-bond acceptors (Lipinski definition) is 3. The van der Waals surface area contributed by atoms with E-state index in [1.54, 1.807) is 42.5 Å². The van der Waals surface area contributed by atoms with Crippen molar-refractivity contribution in [3.8, 4) is 11.3 Å². The van der Waals surface area contributed by atoms with E-state index in [9.17, 15) is 9.18 Å². The summed E-state index contributed by atoms with van der Waals surface area (Å²) in [5, 5.41) is 3.16. The number of nitrogens with one attached hydrogen (secondary N) is 1. The molecule has 0 aliphatic rings. The molecular formula is C18H13ClFN3O. The first-order chi connectivity index (χ1) is 11.6. The lowest BCUT2D eigenvalue weighted by molar-refractivity contribution is 0.0950. The van der Waals surface area contributed by atoms with Gasteiger partial charge >= 0.3 is 0 Å². The van der Waals surface area contributed by atoms with Crippen LogP contribution in [0.2, 0.25) is 5.02 Å². The van der Waals surface area contributed by atoms with Crippen molar-refractivity contribution in [1.82, 2.24) is 15.3 Å². The summed E-state index contributed by atoms with van der Waals surface area (Å²) in [5.41, 5.74) is 2.49. The standard InChI is InChI=1S/C18H13ClFN3O/c19-16-4-2-1-3-15(16)18(24)21-10-14-9-17(23-11-22-14)12-5-7-13(20)8-6-12/h1-9,11H,10H2,(H,21,24). The molecule has 0 bridgehead atoms. The van der Waals surface area contributed by atoms with Crippen molar-refractivity contribution in [3.63, 3.8) is 0 Å². The molecule has 4 nitrogen and oxygen atoms in total. The number of aromatic nitrogens is 2. The maximum Gasteiger partial charge on any atom is 0.253 e. The van der Waals surface area contributed by atoms with Gasteiger partial charge < -0.3 is 5.32 Å². The van der Waals surface area contributed by atoms with Gasteiger partial charge in [0, 0.05) is 5.56 Å². The second kappa shape index (κ2) is 7.19. The van der Waals surface area contributed by atoms with Gasteiger partial charge in [0.25, 0.3) is 5.91 Å². The number of nitrogens with zero attached hydrogens (tertiary/aromatic N) is 2. The first-order valence-electron chi connectivity index (χ1n) is 7.23. The molecule has 2 aromatic carbocycles. The summed E-state index contributed by atoms with van der Waals surface area (Å²) in [5.74, 6) is -0.581. The van der Waals surface area contributed by atoms with Gasteiger partial charge in [-0.3, -0.25) is 4.79 Å². The topological polar surface area (TPSA) is 54.9 Å².